The Kier molecular flexibility index (Phi) is 2.17. The summed E-state index contributed by atoms with van der Waals surface area (Å²) in [6.45, 7) is 7.00. The molecule has 0 saturated carbocycles. The molecule has 0 bridgehead atoms. The molecule has 0 aromatic rings. The van der Waals surface area contributed by atoms with E-state index in [-0.39, 0.29) is 11.7 Å². The van der Waals surface area contributed by atoms with Gasteiger partial charge < -0.3 is 9.47 Å². The lowest BCUT2D eigenvalue weighted by atomic mass is 9.65. The average Bonchev–Trinajstić information content (AvgIpc) is 2.93. The van der Waals surface area contributed by atoms with Gasteiger partial charge in [-0.05, 0) is 25.8 Å². The van der Waals surface area contributed by atoms with Crippen LogP contribution in [0, 0.1) is 11.3 Å². The van der Waals surface area contributed by atoms with Crippen LogP contribution in [0.3, 0.4) is 0 Å². The van der Waals surface area contributed by atoms with E-state index >= 15 is 0 Å². The molecule has 1 fully saturated rings. The number of hydrogen-bond acceptors (Lipinski definition) is 3. The molecule has 3 nitrogen and oxygen atoms in total. The van der Waals surface area contributed by atoms with Crippen molar-refractivity contribution >= 4 is 5.78 Å². The van der Waals surface area contributed by atoms with E-state index in [4.69, 9.17) is 9.47 Å². The molecule has 1 atom stereocenters. The molecule has 0 N–H and O–H groups in total. The predicted octanol–water partition coefficient (Wildman–Crippen LogP) is 2.23. The average molecular weight is 234 g/mol. The van der Waals surface area contributed by atoms with E-state index in [1.807, 2.05) is 20.8 Å². The lowest BCUT2D eigenvalue weighted by Gasteiger charge is -2.47. The molecule has 0 aromatic heterocycles. The largest absolute Gasteiger partial charge is 0.343 e. The van der Waals surface area contributed by atoms with Crippen molar-refractivity contribution in [1.82, 2.24) is 0 Å². The number of ketones is 1. The van der Waals surface area contributed by atoms with Gasteiger partial charge in [0.2, 0.25) is 5.79 Å². The topological polar surface area (TPSA) is 35.5 Å². The van der Waals surface area contributed by atoms with Crippen LogP contribution in [-0.4, -0.2) is 24.8 Å². The van der Waals surface area contributed by atoms with E-state index in [1.54, 1.807) is 0 Å². The lowest BCUT2D eigenvalue weighted by Crippen LogP contribution is -2.56. The number of allylic oxidation sites excluding steroid dienone is 2. The van der Waals surface area contributed by atoms with Crippen molar-refractivity contribution in [3.63, 3.8) is 0 Å². The Morgan fingerprint density at radius 1 is 1.29 bits per heavy atom. The van der Waals surface area contributed by atoms with Gasteiger partial charge in [-0.25, -0.2) is 0 Å². The molecule has 1 spiro atoms. The highest BCUT2D eigenvalue weighted by atomic mass is 16.7. The zero-order chi connectivity index (χ0) is 12.3. The second kappa shape index (κ2) is 3.30. The molecule has 1 unspecified atom stereocenters. The maximum Gasteiger partial charge on any atom is 0.207 e. The standard InChI is InChI=1S/C14H18O3/c1-9-10-5-4-6-11(10)14(16-7-8-17-14)13(2,3)12(9)15/h4,6,9H,5,7-8H2,1-3H3. The van der Waals surface area contributed by atoms with E-state index in [0.29, 0.717) is 13.2 Å². The molecule has 1 aliphatic heterocycles. The van der Waals surface area contributed by atoms with Gasteiger partial charge in [0.05, 0.1) is 18.6 Å². The van der Waals surface area contributed by atoms with Crippen LogP contribution in [-0.2, 0) is 14.3 Å². The van der Waals surface area contributed by atoms with E-state index in [2.05, 4.69) is 12.2 Å². The minimum atomic E-state index is -0.834. The minimum absolute atomic E-state index is 0.0200. The first-order valence-electron chi connectivity index (χ1n) is 6.23. The maximum atomic E-state index is 12.5. The fourth-order valence-electron chi connectivity index (χ4n) is 3.38. The van der Waals surface area contributed by atoms with Crippen molar-refractivity contribution in [3.05, 3.63) is 23.3 Å². The number of ether oxygens (including phenoxy) is 2. The van der Waals surface area contributed by atoms with Gasteiger partial charge in [0, 0.05) is 11.5 Å². The SMILES string of the molecule is CC1C(=O)C(C)(C)C2(OCCO2)C2=C1CC=C2. The second-order valence-corrected chi connectivity index (χ2v) is 5.57. The summed E-state index contributed by atoms with van der Waals surface area (Å²) in [5, 5.41) is 0. The third-order valence-corrected chi connectivity index (χ3v) is 4.37. The van der Waals surface area contributed by atoms with Gasteiger partial charge in [-0.15, -0.1) is 0 Å². The predicted molar refractivity (Wildman–Crippen MR) is 63.4 cm³/mol. The minimum Gasteiger partial charge on any atom is -0.343 e. The highest BCUT2D eigenvalue weighted by molar-refractivity contribution is 5.92. The Morgan fingerprint density at radius 2 is 1.94 bits per heavy atom. The monoisotopic (exact) mass is 234 g/mol. The van der Waals surface area contributed by atoms with Crippen LogP contribution in [0.2, 0.25) is 0 Å². The molecular formula is C14H18O3. The summed E-state index contributed by atoms with van der Waals surface area (Å²) in [5.74, 6) is -0.630. The van der Waals surface area contributed by atoms with E-state index in [9.17, 15) is 4.79 Å². The Hall–Kier alpha value is -0.930. The highest BCUT2D eigenvalue weighted by Crippen LogP contribution is 2.53. The van der Waals surface area contributed by atoms with Gasteiger partial charge in [0.25, 0.3) is 0 Å². The number of rotatable bonds is 0. The first-order valence-corrected chi connectivity index (χ1v) is 6.23. The van der Waals surface area contributed by atoms with E-state index < -0.39 is 11.2 Å². The molecule has 0 radical (unpaired) electrons. The molecular weight excluding hydrogens is 216 g/mol. The lowest BCUT2D eigenvalue weighted by molar-refractivity contribution is -0.204. The quantitative estimate of drug-likeness (QED) is 0.644. The van der Waals surface area contributed by atoms with Gasteiger partial charge >= 0.3 is 0 Å². The molecule has 0 aromatic carbocycles. The fourth-order valence-corrected chi connectivity index (χ4v) is 3.38. The van der Waals surface area contributed by atoms with Crippen molar-refractivity contribution in [3.8, 4) is 0 Å². The second-order valence-electron chi connectivity index (χ2n) is 5.57. The first kappa shape index (κ1) is 11.2. The molecule has 17 heavy (non-hydrogen) atoms. The van der Waals surface area contributed by atoms with Gasteiger partial charge in [-0.3, -0.25) is 4.79 Å². The van der Waals surface area contributed by atoms with Crippen LogP contribution in [0.5, 0.6) is 0 Å². The summed E-state index contributed by atoms with van der Waals surface area (Å²) in [6.07, 6.45) is 5.03. The number of fused-ring (bicyclic) bond motifs is 1. The molecule has 0 amide bonds. The van der Waals surface area contributed by atoms with Crippen molar-refractivity contribution in [2.45, 2.75) is 33.0 Å². The van der Waals surface area contributed by atoms with Gasteiger partial charge in [0.15, 0.2) is 5.78 Å². The van der Waals surface area contributed by atoms with Crippen molar-refractivity contribution < 1.29 is 14.3 Å². The summed E-state index contributed by atoms with van der Waals surface area (Å²) in [5.41, 5.74) is 1.65. The first-order chi connectivity index (χ1) is 8.01. The number of Topliss-reactive ketones (excluding diaryl/α,β-unsaturated/α-hetero) is 1. The van der Waals surface area contributed by atoms with Crippen LogP contribution in [0.1, 0.15) is 27.2 Å². The summed E-state index contributed by atoms with van der Waals surface area (Å²) in [7, 11) is 0. The summed E-state index contributed by atoms with van der Waals surface area (Å²) in [6, 6.07) is 0. The molecule has 3 aliphatic rings. The Labute approximate surface area is 101 Å². The Morgan fingerprint density at radius 3 is 2.59 bits per heavy atom. The molecule has 3 heteroatoms. The van der Waals surface area contributed by atoms with Crippen LogP contribution in [0.15, 0.2) is 23.3 Å². The number of carbonyl (C=O) groups excluding carboxylic acids is 1. The van der Waals surface area contributed by atoms with E-state index in [1.165, 1.54) is 5.57 Å². The number of carbonyl (C=O) groups is 1. The molecule has 1 saturated heterocycles. The molecule has 1 heterocycles. The Balaban J connectivity index is 2.22. The third-order valence-electron chi connectivity index (χ3n) is 4.37. The van der Waals surface area contributed by atoms with Gasteiger partial charge in [-0.2, -0.15) is 0 Å². The highest BCUT2D eigenvalue weighted by Gasteiger charge is 2.61. The zero-order valence-corrected chi connectivity index (χ0v) is 10.6. The fraction of sp³-hybridized carbons (Fsp3) is 0.643. The van der Waals surface area contributed by atoms with Gasteiger partial charge in [0.1, 0.15) is 0 Å². The van der Waals surface area contributed by atoms with Crippen LogP contribution >= 0.6 is 0 Å². The van der Waals surface area contributed by atoms with Gasteiger partial charge in [-0.1, -0.05) is 19.1 Å². The molecule has 2 aliphatic carbocycles. The third kappa shape index (κ3) is 1.16. The normalized spacial score (nSPS) is 33.6. The van der Waals surface area contributed by atoms with E-state index in [0.717, 1.165) is 12.0 Å². The van der Waals surface area contributed by atoms with Crippen LogP contribution in [0.4, 0.5) is 0 Å². The summed E-state index contributed by atoms with van der Waals surface area (Å²) >= 11 is 0. The number of hydrogen-bond donors (Lipinski definition) is 0. The molecule has 3 rings (SSSR count). The summed E-state index contributed by atoms with van der Waals surface area (Å²) < 4.78 is 11.8. The summed E-state index contributed by atoms with van der Waals surface area (Å²) in [4.78, 5) is 12.5. The molecule has 92 valence electrons. The van der Waals surface area contributed by atoms with Crippen LogP contribution < -0.4 is 0 Å². The van der Waals surface area contributed by atoms with Crippen molar-refractivity contribution in [2.24, 2.45) is 11.3 Å². The maximum absolute atomic E-state index is 12.5. The van der Waals surface area contributed by atoms with Crippen LogP contribution in [0.25, 0.3) is 0 Å². The zero-order valence-electron chi connectivity index (χ0n) is 10.6. The Bertz CT molecular complexity index is 436. The van der Waals surface area contributed by atoms with Crippen molar-refractivity contribution in [1.29, 1.82) is 0 Å². The smallest absolute Gasteiger partial charge is 0.207 e. The van der Waals surface area contributed by atoms with Crippen molar-refractivity contribution in [2.75, 3.05) is 13.2 Å².